The van der Waals surface area contributed by atoms with Crippen LogP contribution < -0.4 is 9.64 Å². The van der Waals surface area contributed by atoms with Crippen LogP contribution in [0.4, 0.5) is 5.82 Å². The number of rotatable bonds is 2. The number of hydrogen-bond acceptors (Lipinski definition) is 7. The number of piperidine rings is 1. The smallest absolute Gasteiger partial charge is 0.308 e. The second kappa shape index (κ2) is 13.2. The number of hydrogen-bond donors (Lipinski definition) is 2. The normalized spacial score (nSPS) is 20.3. The zero-order chi connectivity index (χ0) is 32.4. The Morgan fingerprint density at radius 1 is 1.07 bits per heavy atom. The van der Waals surface area contributed by atoms with Gasteiger partial charge in [-0.05, 0) is 84.9 Å². The van der Waals surface area contributed by atoms with Crippen molar-refractivity contribution in [2.45, 2.75) is 91.0 Å². The highest BCUT2D eigenvalue weighted by Gasteiger charge is 2.33. The summed E-state index contributed by atoms with van der Waals surface area (Å²) >= 11 is 0. The maximum Gasteiger partial charge on any atom is 0.308 e. The van der Waals surface area contributed by atoms with Gasteiger partial charge in [0.15, 0.2) is 5.65 Å². The van der Waals surface area contributed by atoms with Crippen LogP contribution in [-0.4, -0.2) is 67.8 Å². The molecule has 240 valence electrons. The molecule has 6 bridgehead atoms. The van der Waals surface area contributed by atoms with Gasteiger partial charge in [-0.15, -0.1) is 0 Å². The van der Waals surface area contributed by atoms with Crippen LogP contribution in [0.25, 0.3) is 28.0 Å². The van der Waals surface area contributed by atoms with E-state index >= 15 is 0 Å². The van der Waals surface area contributed by atoms with Crippen LogP contribution in [0.1, 0.15) is 71.6 Å². The van der Waals surface area contributed by atoms with Crippen LogP contribution >= 0.6 is 0 Å². The van der Waals surface area contributed by atoms with Crippen molar-refractivity contribution >= 4 is 17.4 Å². The van der Waals surface area contributed by atoms with Crippen molar-refractivity contribution < 1.29 is 24.5 Å². The highest BCUT2D eigenvalue weighted by Crippen LogP contribution is 2.36. The zero-order valence-corrected chi connectivity index (χ0v) is 27.3. The number of nitrogens with zero attached hydrogens (tertiary/aromatic N) is 4. The third kappa shape index (κ3) is 8.02. The van der Waals surface area contributed by atoms with Gasteiger partial charge in [0.2, 0.25) is 0 Å². The maximum absolute atomic E-state index is 11.9. The van der Waals surface area contributed by atoms with E-state index in [-0.39, 0.29) is 18.1 Å². The molecule has 4 aromatic rings. The number of aliphatic hydroxyl groups is 1. The second-order valence-electron chi connectivity index (χ2n) is 13.5. The van der Waals surface area contributed by atoms with Crippen molar-refractivity contribution in [3.63, 3.8) is 0 Å². The van der Waals surface area contributed by atoms with Gasteiger partial charge in [-0.2, -0.15) is 9.61 Å². The van der Waals surface area contributed by atoms with E-state index in [1.165, 1.54) is 0 Å². The lowest BCUT2D eigenvalue weighted by molar-refractivity contribution is -0.136. The molecule has 7 rings (SSSR count). The summed E-state index contributed by atoms with van der Waals surface area (Å²) in [7, 11) is 0. The molecule has 1 saturated heterocycles. The highest BCUT2D eigenvalue weighted by atomic mass is 16.5. The topological polar surface area (TPSA) is 109 Å². The molecule has 1 unspecified atom stereocenters. The summed E-state index contributed by atoms with van der Waals surface area (Å²) in [5, 5.41) is 23.3. The van der Waals surface area contributed by atoms with Crippen LogP contribution in [0, 0.1) is 6.92 Å². The number of benzene rings is 2. The van der Waals surface area contributed by atoms with Gasteiger partial charge in [0.05, 0.1) is 29.4 Å². The first kappa shape index (κ1) is 32.4. The van der Waals surface area contributed by atoms with E-state index in [0.29, 0.717) is 17.8 Å². The Morgan fingerprint density at radius 3 is 2.47 bits per heavy atom. The summed E-state index contributed by atoms with van der Waals surface area (Å²) in [5.74, 6) is 0.800. The summed E-state index contributed by atoms with van der Waals surface area (Å²) in [6.45, 7) is 13.6. The molecule has 9 nitrogen and oxygen atoms in total. The van der Waals surface area contributed by atoms with Crippen molar-refractivity contribution in [1.29, 1.82) is 0 Å². The first-order valence-electron chi connectivity index (χ1n) is 15.9. The molecule has 0 aliphatic carbocycles. The van der Waals surface area contributed by atoms with E-state index in [2.05, 4.69) is 36.9 Å². The van der Waals surface area contributed by atoms with Gasteiger partial charge in [0.1, 0.15) is 11.6 Å². The van der Waals surface area contributed by atoms with E-state index in [4.69, 9.17) is 24.7 Å². The number of anilines is 1. The largest absolute Gasteiger partial charge is 0.490 e. The highest BCUT2D eigenvalue weighted by molar-refractivity contribution is 5.78. The predicted octanol–water partition coefficient (Wildman–Crippen LogP) is 6.71. The monoisotopic (exact) mass is 614 g/mol. The Balaban J connectivity index is 0.000000743. The third-order valence-electron chi connectivity index (χ3n) is 8.22. The molecular formula is C36H46N4O5. The van der Waals surface area contributed by atoms with E-state index in [0.717, 1.165) is 78.4 Å². The maximum atomic E-state index is 11.9. The van der Waals surface area contributed by atoms with E-state index < -0.39 is 11.6 Å². The van der Waals surface area contributed by atoms with Gasteiger partial charge >= 0.3 is 5.97 Å². The van der Waals surface area contributed by atoms with Gasteiger partial charge in [0, 0.05) is 48.1 Å². The Labute approximate surface area is 265 Å². The minimum Gasteiger partial charge on any atom is -0.490 e. The summed E-state index contributed by atoms with van der Waals surface area (Å²) in [4.78, 5) is 18.9. The molecule has 0 saturated carbocycles. The van der Waals surface area contributed by atoms with E-state index in [9.17, 15) is 9.90 Å². The average Bonchev–Trinajstić information content (AvgIpc) is 3.39. The Bertz CT molecular complexity index is 1640. The van der Waals surface area contributed by atoms with Crippen molar-refractivity contribution in [1.82, 2.24) is 14.6 Å². The summed E-state index contributed by atoms with van der Waals surface area (Å²) in [6.07, 6.45) is 3.47. The fourth-order valence-electron chi connectivity index (χ4n) is 5.91. The number of carbonyl (C=O) groups is 1. The van der Waals surface area contributed by atoms with Gasteiger partial charge in [-0.25, -0.2) is 4.98 Å². The van der Waals surface area contributed by atoms with Gasteiger partial charge in [-0.3, -0.25) is 4.79 Å². The van der Waals surface area contributed by atoms with E-state index in [1.54, 1.807) is 20.8 Å². The molecule has 5 heterocycles. The number of aromatic nitrogens is 3. The predicted molar refractivity (Wildman–Crippen MR) is 177 cm³/mol. The zero-order valence-electron chi connectivity index (χ0n) is 27.3. The molecule has 9 heteroatoms. The number of aryl methyl sites for hydroxylation is 1. The molecule has 0 spiro atoms. The summed E-state index contributed by atoms with van der Waals surface area (Å²) in [6, 6.07) is 18.4. The first-order chi connectivity index (χ1) is 21.3. The molecule has 0 radical (unpaired) electrons. The molecule has 0 amide bonds. The number of carboxylic acids is 1. The van der Waals surface area contributed by atoms with Crippen LogP contribution in [0.5, 0.6) is 5.75 Å². The number of fused-ring (bicyclic) bond motifs is 7. The lowest BCUT2D eigenvalue weighted by Gasteiger charge is -2.41. The molecule has 45 heavy (non-hydrogen) atoms. The average molecular weight is 615 g/mol. The molecule has 2 aromatic carbocycles. The van der Waals surface area contributed by atoms with Crippen LogP contribution in [0.3, 0.4) is 0 Å². The van der Waals surface area contributed by atoms with Crippen molar-refractivity contribution in [2.24, 2.45) is 0 Å². The number of aliphatic carboxylic acids is 1. The van der Waals surface area contributed by atoms with Crippen molar-refractivity contribution in [2.75, 3.05) is 24.6 Å². The molecular weight excluding hydrogens is 568 g/mol. The molecule has 3 aliphatic heterocycles. The van der Waals surface area contributed by atoms with Gasteiger partial charge in [-0.1, -0.05) is 36.4 Å². The van der Waals surface area contributed by atoms with Crippen LogP contribution in [0.2, 0.25) is 0 Å². The summed E-state index contributed by atoms with van der Waals surface area (Å²) < 4.78 is 14.7. The van der Waals surface area contributed by atoms with Crippen LogP contribution in [-0.2, 0) is 16.0 Å². The molecule has 3 aliphatic rings. The lowest BCUT2D eigenvalue weighted by atomic mass is 9.92. The molecule has 1 fully saturated rings. The number of carboxylic acid groups (broad SMARTS) is 1. The minimum absolute atomic E-state index is 0.0576. The fraction of sp³-hybridized carbons (Fsp3) is 0.472. The molecule has 1 atom stereocenters. The Hall–Kier alpha value is -3.95. The van der Waals surface area contributed by atoms with E-state index in [1.807, 2.05) is 47.8 Å². The first-order valence-corrected chi connectivity index (χ1v) is 15.9. The lowest BCUT2D eigenvalue weighted by Crippen LogP contribution is -2.45. The quantitative estimate of drug-likeness (QED) is 0.256. The van der Waals surface area contributed by atoms with Crippen molar-refractivity contribution in [3.8, 4) is 28.1 Å². The molecule has 2 aromatic heterocycles. The third-order valence-corrected chi connectivity index (χ3v) is 8.22. The summed E-state index contributed by atoms with van der Waals surface area (Å²) in [5.41, 5.74) is 5.24. The second-order valence-corrected chi connectivity index (χ2v) is 13.5. The van der Waals surface area contributed by atoms with Crippen LogP contribution in [0.15, 0.2) is 54.6 Å². The fourth-order valence-corrected chi connectivity index (χ4v) is 5.91. The van der Waals surface area contributed by atoms with Crippen molar-refractivity contribution in [3.05, 3.63) is 65.9 Å². The number of ether oxygens (including phenoxy) is 2. The standard InChI is InChI=1S/C32H36N4O4.C4H10O/c1-21-8-7-17-39-32(3)13-15-35(16-14-32)31-26(19-30(37)38)22(2)33-29-20-27(34-36(29)31)24-10-6-9-23(18-24)25-11-4-5-12-28(25)40-21;1-4(2,3)5/h4-6,9-12,18,20-21H,7-8,13-17,19H2,1-3H3,(H,37,38);5H,1-3H3. The van der Waals surface area contributed by atoms with Gasteiger partial charge < -0.3 is 24.6 Å². The Kier molecular flexibility index (Phi) is 9.51. The Morgan fingerprint density at radius 2 is 1.76 bits per heavy atom. The minimum atomic E-state index is -0.878. The number of para-hydroxylation sites is 1. The molecule has 2 N–H and O–H groups in total. The van der Waals surface area contributed by atoms with Gasteiger partial charge in [0.25, 0.3) is 0 Å². The SMILES string of the molecule is CC(C)(C)O.Cc1nc2cc3nn2c(c1CC(=O)O)N1CCC(C)(CC1)OCCCC(C)Oc1ccccc1-c1cccc-3c1.